The van der Waals surface area contributed by atoms with E-state index in [0.717, 1.165) is 30.1 Å². The summed E-state index contributed by atoms with van der Waals surface area (Å²) in [6.07, 6.45) is 1.02. The summed E-state index contributed by atoms with van der Waals surface area (Å²) in [6.45, 7) is 4.71. The second kappa shape index (κ2) is 5.27. The fraction of sp³-hybridized carbons (Fsp3) is 0.364. The lowest BCUT2D eigenvalue weighted by molar-refractivity contribution is 0.317. The molecular weight excluding hydrogens is 176 g/mol. The van der Waals surface area contributed by atoms with E-state index in [4.69, 9.17) is 10.6 Å². The van der Waals surface area contributed by atoms with Gasteiger partial charge in [-0.15, -0.1) is 0 Å². The Balaban J connectivity index is 2.68. The fourth-order valence-corrected chi connectivity index (χ4v) is 1.09. The van der Waals surface area contributed by atoms with Gasteiger partial charge in [-0.3, -0.25) is 0 Å². The van der Waals surface area contributed by atoms with Crippen molar-refractivity contribution in [3.8, 4) is 5.75 Å². The van der Waals surface area contributed by atoms with Crippen molar-refractivity contribution in [3.63, 3.8) is 0 Å². The monoisotopic (exact) mass is 192 g/mol. The lowest BCUT2D eigenvalue weighted by Gasteiger charge is -2.05. The van der Waals surface area contributed by atoms with Gasteiger partial charge in [0.2, 0.25) is 0 Å². The standard InChI is InChI=1S/C11H16N2O/c1-3-8-14-11-6-4-10(5-7-11)9(2)13-12/h4-7H,3,8,12H2,1-2H3/b13-9-. The van der Waals surface area contributed by atoms with Gasteiger partial charge in [-0.2, -0.15) is 5.10 Å². The van der Waals surface area contributed by atoms with Crippen molar-refractivity contribution in [2.75, 3.05) is 6.61 Å². The number of hydrogen-bond acceptors (Lipinski definition) is 3. The predicted molar refractivity (Wildman–Crippen MR) is 58.6 cm³/mol. The van der Waals surface area contributed by atoms with Gasteiger partial charge in [0.25, 0.3) is 0 Å². The topological polar surface area (TPSA) is 47.6 Å². The van der Waals surface area contributed by atoms with Crippen molar-refractivity contribution < 1.29 is 4.74 Å². The quantitative estimate of drug-likeness (QED) is 0.451. The molecule has 0 aliphatic heterocycles. The average molecular weight is 192 g/mol. The van der Waals surface area contributed by atoms with E-state index < -0.39 is 0 Å². The van der Waals surface area contributed by atoms with Crippen LogP contribution in [-0.2, 0) is 0 Å². The van der Waals surface area contributed by atoms with Crippen molar-refractivity contribution in [1.29, 1.82) is 0 Å². The third-order valence-corrected chi connectivity index (χ3v) is 1.94. The first kappa shape index (κ1) is 10.6. The molecule has 0 amide bonds. The molecule has 0 atom stereocenters. The van der Waals surface area contributed by atoms with Gasteiger partial charge >= 0.3 is 0 Å². The fourth-order valence-electron chi connectivity index (χ4n) is 1.09. The molecule has 0 saturated carbocycles. The van der Waals surface area contributed by atoms with Crippen LogP contribution in [0.1, 0.15) is 25.8 Å². The summed E-state index contributed by atoms with van der Waals surface area (Å²) in [5, 5.41) is 3.63. The van der Waals surface area contributed by atoms with E-state index in [0.29, 0.717) is 0 Å². The summed E-state index contributed by atoms with van der Waals surface area (Å²) in [4.78, 5) is 0. The Labute approximate surface area is 84.6 Å². The molecule has 0 radical (unpaired) electrons. The summed E-state index contributed by atoms with van der Waals surface area (Å²) in [6, 6.07) is 7.77. The van der Waals surface area contributed by atoms with Gasteiger partial charge in [0, 0.05) is 0 Å². The normalized spacial score (nSPS) is 11.4. The van der Waals surface area contributed by atoms with Gasteiger partial charge < -0.3 is 10.6 Å². The molecule has 0 saturated heterocycles. The first-order valence-corrected chi connectivity index (χ1v) is 4.75. The van der Waals surface area contributed by atoms with Crippen molar-refractivity contribution in [2.24, 2.45) is 10.9 Å². The van der Waals surface area contributed by atoms with Crippen LogP contribution in [0.5, 0.6) is 5.75 Å². The lowest BCUT2D eigenvalue weighted by Crippen LogP contribution is -1.99. The van der Waals surface area contributed by atoms with Gasteiger partial charge in [-0.25, -0.2) is 0 Å². The molecule has 3 heteroatoms. The maximum absolute atomic E-state index is 5.45. The summed E-state index contributed by atoms with van der Waals surface area (Å²) in [7, 11) is 0. The number of hydrogen-bond donors (Lipinski definition) is 1. The minimum atomic E-state index is 0.753. The SMILES string of the molecule is CCCOc1ccc(/C(C)=N\N)cc1. The number of ether oxygens (including phenoxy) is 1. The van der Waals surface area contributed by atoms with Crippen LogP contribution < -0.4 is 10.6 Å². The Hall–Kier alpha value is -1.51. The summed E-state index contributed by atoms with van der Waals surface area (Å²) in [5.74, 6) is 6.07. The molecule has 0 spiro atoms. The molecule has 0 bridgehead atoms. The zero-order valence-electron chi connectivity index (χ0n) is 8.66. The Morgan fingerprint density at radius 1 is 1.36 bits per heavy atom. The first-order valence-electron chi connectivity index (χ1n) is 4.75. The molecule has 0 fully saturated rings. The molecular formula is C11H16N2O. The molecule has 3 nitrogen and oxygen atoms in total. The molecule has 76 valence electrons. The lowest BCUT2D eigenvalue weighted by atomic mass is 10.1. The maximum atomic E-state index is 5.45. The van der Waals surface area contributed by atoms with Crippen LogP contribution in [0.25, 0.3) is 0 Å². The molecule has 1 aromatic rings. The van der Waals surface area contributed by atoms with E-state index in [2.05, 4.69) is 12.0 Å². The second-order valence-electron chi connectivity index (χ2n) is 3.09. The van der Waals surface area contributed by atoms with E-state index in [1.807, 2.05) is 31.2 Å². The minimum Gasteiger partial charge on any atom is -0.494 e. The molecule has 0 heterocycles. The molecule has 0 unspecified atom stereocenters. The van der Waals surface area contributed by atoms with Gasteiger partial charge in [0.15, 0.2) is 0 Å². The third-order valence-electron chi connectivity index (χ3n) is 1.94. The minimum absolute atomic E-state index is 0.753. The Bertz CT molecular complexity index is 304. The Morgan fingerprint density at radius 3 is 2.50 bits per heavy atom. The smallest absolute Gasteiger partial charge is 0.119 e. The zero-order valence-corrected chi connectivity index (χ0v) is 8.66. The number of nitrogens with zero attached hydrogens (tertiary/aromatic N) is 1. The molecule has 2 N–H and O–H groups in total. The van der Waals surface area contributed by atoms with Crippen LogP contribution in [-0.4, -0.2) is 12.3 Å². The van der Waals surface area contributed by atoms with Crippen molar-refractivity contribution in [2.45, 2.75) is 20.3 Å². The van der Waals surface area contributed by atoms with Crippen LogP contribution >= 0.6 is 0 Å². The largest absolute Gasteiger partial charge is 0.494 e. The molecule has 0 aromatic heterocycles. The second-order valence-corrected chi connectivity index (χ2v) is 3.09. The number of benzene rings is 1. The highest BCUT2D eigenvalue weighted by molar-refractivity contribution is 5.98. The van der Waals surface area contributed by atoms with Gasteiger partial charge in [0.05, 0.1) is 12.3 Å². The molecule has 14 heavy (non-hydrogen) atoms. The number of hydrazone groups is 1. The average Bonchev–Trinajstić information content (AvgIpc) is 2.26. The molecule has 0 aliphatic carbocycles. The van der Waals surface area contributed by atoms with Gasteiger partial charge in [-0.1, -0.05) is 6.92 Å². The highest BCUT2D eigenvalue weighted by atomic mass is 16.5. The molecule has 1 rings (SSSR count). The van der Waals surface area contributed by atoms with Crippen molar-refractivity contribution >= 4 is 5.71 Å². The van der Waals surface area contributed by atoms with Crippen molar-refractivity contribution in [3.05, 3.63) is 29.8 Å². The van der Waals surface area contributed by atoms with E-state index >= 15 is 0 Å². The van der Waals surface area contributed by atoms with Gasteiger partial charge in [-0.05, 0) is 43.2 Å². The first-order chi connectivity index (χ1) is 6.77. The molecule has 1 aromatic carbocycles. The highest BCUT2D eigenvalue weighted by Gasteiger charge is 1.97. The van der Waals surface area contributed by atoms with Crippen molar-refractivity contribution in [1.82, 2.24) is 0 Å². The summed E-state index contributed by atoms with van der Waals surface area (Å²) < 4.78 is 5.45. The van der Waals surface area contributed by atoms with Crippen LogP contribution in [0.2, 0.25) is 0 Å². The van der Waals surface area contributed by atoms with Crippen LogP contribution in [0.15, 0.2) is 29.4 Å². The maximum Gasteiger partial charge on any atom is 0.119 e. The summed E-state index contributed by atoms with van der Waals surface area (Å²) in [5.41, 5.74) is 1.85. The predicted octanol–water partition coefficient (Wildman–Crippen LogP) is 2.16. The summed E-state index contributed by atoms with van der Waals surface area (Å²) >= 11 is 0. The number of rotatable bonds is 4. The van der Waals surface area contributed by atoms with Crippen LogP contribution in [0.4, 0.5) is 0 Å². The van der Waals surface area contributed by atoms with Crippen LogP contribution in [0, 0.1) is 0 Å². The van der Waals surface area contributed by atoms with Gasteiger partial charge in [0.1, 0.15) is 5.75 Å². The Kier molecular flexibility index (Phi) is 3.98. The Morgan fingerprint density at radius 2 is 2.00 bits per heavy atom. The molecule has 0 aliphatic rings. The number of nitrogens with two attached hydrogens (primary N) is 1. The van der Waals surface area contributed by atoms with E-state index in [9.17, 15) is 0 Å². The third kappa shape index (κ3) is 2.76. The van der Waals surface area contributed by atoms with E-state index in [-0.39, 0.29) is 0 Å². The highest BCUT2D eigenvalue weighted by Crippen LogP contribution is 2.12. The van der Waals surface area contributed by atoms with E-state index in [1.54, 1.807) is 0 Å². The van der Waals surface area contributed by atoms with Crippen LogP contribution in [0.3, 0.4) is 0 Å². The zero-order chi connectivity index (χ0) is 10.4. The van der Waals surface area contributed by atoms with E-state index in [1.165, 1.54) is 0 Å².